The van der Waals surface area contributed by atoms with Crippen molar-refractivity contribution >= 4 is 17.3 Å². The van der Waals surface area contributed by atoms with Gasteiger partial charge >= 0.3 is 0 Å². The van der Waals surface area contributed by atoms with Crippen LogP contribution in [-0.4, -0.2) is 17.7 Å². The van der Waals surface area contributed by atoms with Crippen LogP contribution in [-0.2, 0) is 11.3 Å². The van der Waals surface area contributed by atoms with E-state index in [-0.39, 0.29) is 11.8 Å². The van der Waals surface area contributed by atoms with Crippen LogP contribution in [0, 0.1) is 5.92 Å². The van der Waals surface area contributed by atoms with Crippen molar-refractivity contribution in [2.45, 2.75) is 26.4 Å². The van der Waals surface area contributed by atoms with Crippen LogP contribution in [0.1, 0.15) is 30.5 Å². The number of carbonyl (C=O) groups excluding carboxylic acids is 1. The van der Waals surface area contributed by atoms with Gasteiger partial charge in [0.25, 0.3) is 5.91 Å². The number of benzodiazepines with no additional fused rings is 1. The first-order valence-corrected chi connectivity index (χ1v) is 9.73. The van der Waals surface area contributed by atoms with Crippen LogP contribution in [0.4, 0.5) is 5.69 Å². The first-order chi connectivity index (χ1) is 13.6. The summed E-state index contributed by atoms with van der Waals surface area (Å²) in [6.45, 7) is 4.66. The van der Waals surface area contributed by atoms with Gasteiger partial charge in [0.05, 0.1) is 17.9 Å². The molecule has 3 heteroatoms. The first-order valence-electron chi connectivity index (χ1n) is 9.73. The van der Waals surface area contributed by atoms with Crippen molar-refractivity contribution in [1.29, 1.82) is 0 Å². The third kappa shape index (κ3) is 3.48. The summed E-state index contributed by atoms with van der Waals surface area (Å²) in [5, 5.41) is 0. The van der Waals surface area contributed by atoms with E-state index in [0.717, 1.165) is 28.1 Å². The van der Waals surface area contributed by atoms with E-state index in [1.54, 1.807) is 0 Å². The van der Waals surface area contributed by atoms with Crippen LogP contribution in [0.15, 0.2) is 89.9 Å². The minimum atomic E-state index is -0.411. The SMILES string of the molecule is CC(C)[C@H]1N=C(c2ccccc2)c2ccccc2N(Cc2ccccc2)C1=O. The Kier molecular flexibility index (Phi) is 5.07. The molecule has 4 rings (SSSR count). The second-order valence-electron chi connectivity index (χ2n) is 7.46. The highest BCUT2D eigenvalue weighted by atomic mass is 16.2. The van der Waals surface area contributed by atoms with Gasteiger partial charge in [0.1, 0.15) is 6.04 Å². The van der Waals surface area contributed by atoms with Gasteiger partial charge in [-0.25, -0.2) is 0 Å². The van der Waals surface area contributed by atoms with Crippen molar-refractivity contribution in [1.82, 2.24) is 0 Å². The lowest BCUT2D eigenvalue weighted by molar-refractivity contribution is -0.120. The predicted octanol–water partition coefficient (Wildman–Crippen LogP) is 5.10. The number of para-hydroxylation sites is 1. The Morgan fingerprint density at radius 2 is 1.46 bits per heavy atom. The van der Waals surface area contributed by atoms with Gasteiger partial charge in [0.15, 0.2) is 0 Å². The number of hydrogen-bond acceptors (Lipinski definition) is 2. The summed E-state index contributed by atoms with van der Waals surface area (Å²) >= 11 is 0. The Hall–Kier alpha value is -3.20. The zero-order valence-electron chi connectivity index (χ0n) is 16.2. The summed E-state index contributed by atoms with van der Waals surface area (Å²) in [4.78, 5) is 20.4. The summed E-state index contributed by atoms with van der Waals surface area (Å²) < 4.78 is 0. The fraction of sp³-hybridized carbons (Fsp3) is 0.200. The number of aliphatic imine (C=N–C) groups is 1. The Morgan fingerprint density at radius 1 is 0.857 bits per heavy atom. The molecule has 0 saturated carbocycles. The largest absolute Gasteiger partial charge is 0.305 e. The van der Waals surface area contributed by atoms with Gasteiger partial charge in [-0.05, 0) is 17.5 Å². The quantitative estimate of drug-likeness (QED) is 0.631. The van der Waals surface area contributed by atoms with Crippen LogP contribution in [0.25, 0.3) is 0 Å². The maximum absolute atomic E-state index is 13.5. The Morgan fingerprint density at radius 3 is 2.14 bits per heavy atom. The first kappa shape index (κ1) is 18.2. The summed E-state index contributed by atoms with van der Waals surface area (Å²) in [6, 6.07) is 28.0. The maximum Gasteiger partial charge on any atom is 0.252 e. The molecule has 0 aliphatic carbocycles. The molecule has 1 amide bonds. The van der Waals surface area contributed by atoms with Crippen LogP contribution in [0.2, 0.25) is 0 Å². The highest BCUT2D eigenvalue weighted by Gasteiger charge is 2.33. The van der Waals surface area contributed by atoms with Crippen LogP contribution in [0.3, 0.4) is 0 Å². The van der Waals surface area contributed by atoms with Crippen molar-refractivity contribution < 1.29 is 4.79 Å². The molecule has 0 bridgehead atoms. The molecule has 1 aliphatic heterocycles. The van der Waals surface area contributed by atoms with E-state index in [0.29, 0.717) is 6.54 Å². The monoisotopic (exact) mass is 368 g/mol. The number of nitrogens with zero attached hydrogens (tertiary/aromatic N) is 2. The molecule has 1 aliphatic rings. The second-order valence-corrected chi connectivity index (χ2v) is 7.46. The Balaban J connectivity index is 1.88. The molecular weight excluding hydrogens is 344 g/mol. The van der Waals surface area contributed by atoms with E-state index in [4.69, 9.17) is 4.99 Å². The Labute approximate surface area is 166 Å². The molecule has 28 heavy (non-hydrogen) atoms. The van der Waals surface area contributed by atoms with Gasteiger partial charge in [0, 0.05) is 11.1 Å². The van der Waals surface area contributed by atoms with E-state index in [9.17, 15) is 4.79 Å². The molecule has 140 valence electrons. The number of rotatable bonds is 4. The lowest BCUT2D eigenvalue weighted by Gasteiger charge is -2.26. The molecule has 0 radical (unpaired) electrons. The molecule has 0 fully saturated rings. The van der Waals surface area contributed by atoms with Gasteiger partial charge < -0.3 is 4.90 Å². The molecular formula is C25H24N2O. The number of carbonyl (C=O) groups is 1. The standard InChI is InChI=1S/C25H24N2O/c1-18(2)23-25(28)27(17-19-11-5-3-6-12-19)22-16-10-9-15-21(22)24(26-23)20-13-7-4-8-14-20/h3-16,18,23H,17H2,1-2H3/t23-/m1/s1. The van der Waals surface area contributed by atoms with Crippen molar-refractivity contribution in [2.75, 3.05) is 4.90 Å². The molecule has 3 nitrogen and oxygen atoms in total. The van der Waals surface area contributed by atoms with Gasteiger partial charge in [0.2, 0.25) is 0 Å². The van der Waals surface area contributed by atoms with Crippen molar-refractivity contribution in [3.05, 3.63) is 102 Å². The normalized spacial score (nSPS) is 16.5. The number of anilines is 1. The van der Waals surface area contributed by atoms with E-state index in [2.05, 4.69) is 44.2 Å². The molecule has 0 spiro atoms. The summed E-state index contributed by atoms with van der Waals surface area (Å²) in [6.07, 6.45) is 0. The van der Waals surface area contributed by atoms with Gasteiger partial charge in [-0.15, -0.1) is 0 Å². The average molecular weight is 368 g/mol. The zero-order valence-corrected chi connectivity index (χ0v) is 16.2. The van der Waals surface area contributed by atoms with Crippen molar-refractivity contribution in [3.8, 4) is 0 Å². The van der Waals surface area contributed by atoms with Crippen LogP contribution in [0.5, 0.6) is 0 Å². The fourth-order valence-electron chi connectivity index (χ4n) is 3.64. The lowest BCUT2D eigenvalue weighted by Crippen LogP contribution is -2.39. The third-order valence-corrected chi connectivity index (χ3v) is 5.10. The van der Waals surface area contributed by atoms with E-state index in [1.165, 1.54) is 0 Å². The highest BCUT2D eigenvalue weighted by molar-refractivity contribution is 6.20. The molecule has 1 heterocycles. The lowest BCUT2D eigenvalue weighted by atomic mass is 10.00. The molecule has 0 unspecified atom stereocenters. The van der Waals surface area contributed by atoms with E-state index >= 15 is 0 Å². The van der Waals surface area contributed by atoms with Crippen LogP contribution >= 0.6 is 0 Å². The average Bonchev–Trinajstić information content (AvgIpc) is 2.85. The van der Waals surface area contributed by atoms with E-state index < -0.39 is 6.04 Å². The molecule has 0 aromatic heterocycles. The minimum absolute atomic E-state index is 0.0530. The predicted molar refractivity (Wildman–Crippen MR) is 115 cm³/mol. The smallest absolute Gasteiger partial charge is 0.252 e. The number of amides is 1. The Bertz CT molecular complexity index is 993. The van der Waals surface area contributed by atoms with Crippen molar-refractivity contribution in [3.63, 3.8) is 0 Å². The summed E-state index contributed by atoms with van der Waals surface area (Å²) in [5.74, 6) is 0.163. The minimum Gasteiger partial charge on any atom is -0.305 e. The molecule has 0 N–H and O–H groups in total. The number of benzene rings is 3. The van der Waals surface area contributed by atoms with Crippen molar-refractivity contribution in [2.24, 2.45) is 10.9 Å². The van der Waals surface area contributed by atoms with Gasteiger partial charge in [-0.3, -0.25) is 9.79 Å². The number of fused-ring (bicyclic) bond motifs is 1. The van der Waals surface area contributed by atoms with Gasteiger partial charge in [-0.1, -0.05) is 92.7 Å². The maximum atomic E-state index is 13.5. The zero-order chi connectivity index (χ0) is 19.5. The topological polar surface area (TPSA) is 32.7 Å². The second kappa shape index (κ2) is 7.81. The van der Waals surface area contributed by atoms with E-state index in [1.807, 2.05) is 59.5 Å². The summed E-state index contributed by atoms with van der Waals surface area (Å²) in [7, 11) is 0. The fourth-order valence-corrected chi connectivity index (χ4v) is 3.64. The molecule has 3 aromatic carbocycles. The highest BCUT2D eigenvalue weighted by Crippen LogP contribution is 2.31. The van der Waals surface area contributed by atoms with Gasteiger partial charge in [-0.2, -0.15) is 0 Å². The van der Waals surface area contributed by atoms with Crippen LogP contribution < -0.4 is 4.90 Å². The summed E-state index contributed by atoms with van der Waals surface area (Å²) in [5.41, 5.74) is 4.95. The number of hydrogen-bond donors (Lipinski definition) is 0. The third-order valence-electron chi connectivity index (χ3n) is 5.10. The molecule has 0 saturated heterocycles. The molecule has 3 aromatic rings. The molecule has 1 atom stereocenters.